The first-order valence-electron chi connectivity index (χ1n) is 16.3. The molecule has 14 nitrogen and oxygen atoms in total. The first-order valence-corrected chi connectivity index (χ1v) is 16.3. The summed E-state index contributed by atoms with van der Waals surface area (Å²) in [7, 11) is 1.51. The first-order chi connectivity index (χ1) is 24.1. The van der Waals surface area contributed by atoms with Crippen LogP contribution in [-0.2, 0) is 41.7 Å². The first kappa shape index (κ1) is 35.4. The van der Waals surface area contributed by atoms with E-state index in [2.05, 4.69) is 26.6 Å². The largest absolute Gasteiger partial charge is 0.496 e. The van der Waals surface area contributed by atoms with Crippen LogP contribution in [0.1, 0.15) is 48.8 Å². The van der Waals surface area contributed by atoms with Gasteiger partial charge < -0.3 is 41.8 Å². The van der Waals surface area contributed by atoms with Crippen LogP contribution in [0.3, 0.4) is 0 Å². The van der Waals surface area contributed by atoms with Crippen molar-refractivity contribution < 1.29 is 38.2 Å². The monoisotopic (exact) mass is 684 g/mol. The van der Waals surface area contributed by atoms with Crippen LogP contribution in [0.4, 0.5) is 10.5 Å². The Labute approximate surface area is 288 Å². The maximum Gasteiger partial charge on any atom is 0.408 e. The number of hydrogen-bond acceptors (Lipinski definition) is 8. The normalized spacial score (nSPS) is 20.1. The molecule has 2 heterocycles. The highest BCUT2D eigenvalue weighted by Crippen LogP contribution is 2.44. The molecule has 0 aliphatic carbocycles. The molecule has 2 aliphatic heterocycles. The zero-order valence-corrected chi connectivity index (χ0v) is 27.7. The number of fused-ring (bicyclic) bond motifs is 3. The maximum atomic E-state index is 13.9. The predicted molar refractivity (Wildman–Crippen MR) is 183 cm³/mol. The van der Waals surface area contributed by atoms with Crippen LogP contribution >= 0.6 is 0 Å². The van der Waals surface area contributed by atoms with E-state index >= 15 is 0 Å². The lowest BCUT2D eigenvalue weighted by Crippen LogP contribution is -2.58. The summed E-state index contributed by atoms with van der Waals surface area (Å²) < 4.78 is 11.1. The van der Waals surface area contributed by atoms with E-state index in [1.165, 1.54) is 7.11 Å². The molecule has 0 radical (unpaired) electrons. The zero-order valence-electron chi connectivity index (χ0n) is 27.7. The number of ether oxygens (including phenoxy) is 2. The number of nitrogens with two attached hydrogens (primary N) is 1. The minimum Gasteiger partial charge on any atom is -0.496 e. The molecule has 6 amide bonds. The molecule has 4 unspecified atom stereocenters. The molecular weight excluding hydrogens is 644 g/mol. The van der Waals surface area contributed by atoms with Crippen molar-refractivity contribution in [1.82, 2.24) is 21.3 Å². The molecule has 14 heteroatoms. The number of benzene rings is 3. The van der Waals surface area contributed by atoms with E-state index in [9.17, 15) is 28.8 Å². The smallest absolute Gasteiger partial charge is 0.408 e. The Kier molecular flexibility index (Phi) is 11.3. The third kappa shape index (κ3) is 8.38. The Balaban J connectivity index is 1.57. The lowest BCUT2D eigenvalue weighted by atomic mass is 9.89. The van der Waals surface area contributed by atoms with Crippen LogP contribution in [0.25, 0.3) is 11.1 Å². The Morgan fingerprint density at radius 2 is 1.70 bits per heavy atom. The number of rotatable bonds is 9. The van der Waals surface area contributed by atoms with Gasteiger partial charge in [-0.05, 0) is 41.7 Å². The van der Waals surface area contributed by atoms with Crippen LogP contribution < -0.4 is 37.1 Å². The standard InChI is InChI=1S/C36H40N6O8/c1-3-14-38-33(45)27-17-25-23-11-7-10-22(31(23)42-32(25)44)24-15-21(12-13-29(24)49-2)16-26(34(46)40-28(18-30(37)43)35(47)39-27)41-36(48)50-19-20-8-5-4-6-9-20/h4-13,15,25-28H,3,14,16-19H2,1-2H3,(H2,37,43)(H,38,45)(H,39,47)(H,40,46)(H,41,48)(H,42,44). The van der Waals surface area contributed by atoms with Gasteiger partial charge in [0.2, 0.25) is 29.5 Å². The van der Waals surface area contributed by atoms with E-state index in [1.807, 2.05) is 19.1 Å². The molecule has 0 fully saturated rings. The summed E-state index contributed by atoms with van der Waals surface area (Å²) in [6, 6.07) is 15.5. The number of methoxy groups -OCH3 is 1. The number of para-hydroxylation sites is 1. The molecule has 6 bridgehead atoms. The van der Waals surface area contributed by atoms with Crippen molar-refractivity contribution in [3.8, 4) is 16.9 Å². The molecule has 0 saturated carbocycles. The van der Waals surface area contributed by atoms with Gasteiger partial charge in [0.1, 0.15) is 30.5 Å². The fourth-order valence-corrected chi connectivity index (χ4v) is 6.05. The number of carbonyl (C=O) groups is 6. The summed E-state index contributed by atoms with van der Waals surface area (Å²) in [6.07, 6.45) is -1.06. The van der Waals surface area contributed by atoms with Gasteiger partial charge in [0.25, 0.3) is 0 Å². The lowest BCUT2D eigenvalue weighted by molar-refractivity contribution is -0.134. The average molecular weight is 685 g/mol. The summed E-state index contributed by atoms with van der Waals surface area (Å²) >= 11 is 0. The van der Waals surface area contributed by atoms with Gasteiger partial charge in [-0.2, -0.15) is 0 Å². The fraction of sp³-hybridized carbons (Fsp3) is 0.333. The number of primary amides is 1. The van der Waals surface area contributed by atoms with Crippen LogP contribution in [0.2, 0.25) is 0 Å². The van der Waals surface area contributed by atoms with Gasteiger partial charge in [-0.3, -0.25) is 24.0 Å². The number of carbonyl (C=O) groups excluding carboxylic acids is 6. The molecule has 0 spiro atoms. The molecule has 262 valence electrons. The van der Waals surface area contributed by atoms with Crippen LogP contribution in [0.15, 0.2) is 66.7 Å². The van der Waals surface area contributed by atoms with Crippen molar-refractivity contribution in [2.24, 2.45) is 5.73 Å². The van der Waals surface area contributed by atoms with Gasteiger partial charge >= 0.3 is 6.09 Å². The van der Waals surface area contributed by atoms with Crippen LogP contribution in [-0.4, -0.2) is 67.4 Å². The molecule has 0 aromatic heterocycles. The van der Waals surface area contributed by atoms with Gasteiger partial charge in [0, 0.05) is 24.1 Å². The van der Waals surface area contributed by atoms with Crippen molar-refractivity contribution in [3.63, 3.8) is 0 Å². The maximum absolute atomic E-state index is 13.9. The van der Waals surface area contributed by atoms with E-state index in [0.717, 1.165) is 5.56 Å². The number of nitrogens with one attached hydrogen (secondary N) is 5. The third-order valence-corrected chi connectivity index (χ3v) is 8.54. The highest BCUT2D eigenvalue weighted by molar-refractivity contribution is 6.08. The summed E-state index contributed by atoms with van der Waals surface area (Å²) in [5.41, 5.74) is 9.18. The quantitative estimate of drug-likeness (QED) is 0.196. The number of amides is 6. The summed E-state index contributed by atoms with van der Waals surface area (Å²) in [5, 5.41) is 13.5. The third-order valence-electron chi connectivity index (χ3n) is 8.54. The molecule has 7 N–H and O–H groups in total. The van der Waals surface area contributed by atoms with Gasteiger partial charge in [-0.1, -0.05) is 61.5 Å². The summed E-state index contributed by atoms with van der Waals surface area (Å²) in [4.78, 5) is 79.5. The second-order valence-electron chi connectivity index (χ2n) is 12.1. The second kappa shape index (κ2) is 16.0. The van der Waals surface area contributed by atoms with Crippen LogP contribution in [0.5, 0.6) is 5.75 Å². The Hall–Kier alpha value is -5.92. The molecule has 0 saturated heterocycles. The summed E-state index contributed by atoms with van der Waals surface area (Å²) in [6.45, 7) is 2.12. The van der Waals surface area contributed by atoms with Crippen molar-refractivity contribution in [2.75, 3.05) is 19.0 Å². The molecule has 3 aromatic rings. The van der Waals surface area contributed by atoms with Crippen molar-refractivity contribution >= 4 is 41.3 Å². The van der Waals surface area contributed by atoms with Gasteiger partial charge in [-0.15, -0.1) is 0 Å². The topological polar surface area (TPSA) is 207 Å². The van der Waals surface area contributed by atoms with Crippen molar-refractivity contribution in [1.29, 1.82) is 0 Å². The predicted octanol–water partition coefficient (Wildman–Crippen LogP) is 2.01. The molecule has 50 heavy (non-hydrogen) atoms. The Bertz CT molecular complexity index is 1780. The van der Waals surface area contributed by atoms with E-state index < -0.39 is 60.2 Å². The van der Waals surface area contributed by atoms with E-state index in [0.29, 0.717) is 46.7 Å². The second-order valence-corrected chi connectivity index (χ2v) is 12.1. The zero-order chi connectivity index (χ0) is 35.8. The highest BCUT2D eigenvalue weighted by atomic mass is 16.5. The van der Waals surface area contributed by atoms with E-state index in [1.54, 1.807) is 54.6 Å². The lowest BCUT2D eigenvalue weighted by Gasteiger charge is -2.26. The molecule has 4 atom stereocenters. The minimum absolute atomic E-state index is 0.0618. The Morgan fingerprint density at radius 3 is 2.42 bits per heavy atom. The highest BCUT2D eigenvalue weighted by Gasteiger charge is 2.38. The molecule has 2 aliphatic rings. The molecule has 3 aromatic carbocycles. The van der Waals surface area contributed by atoms with E-state index in [4.69, 9.17) is 15.2 Å². The van der Waals surface area contributed by atoms with Gasteiger partial charge in [0.15, 0.2) is 0 Å². The van der Waals surface area contributed by atoms with Crippen LogP contribution in [0, 0.1) is 0 Å². The minimum atomic E-state index is -1.51. The van der Waals surface area contributed by atoms with Gasteiger partial charge in [-0.25, -0.2) is 4.79 Å². The van der Waals surface area contributed by atoms with Crippen molar-refractivity contribution in [3.05, 3.63) is 83.4 Å². The van der Waals surface area contributed by atoms with Crippen molar-refractivity contribution in [2.45, 2.75) is 63.3 Å². The average Bonchev–Trinajstić information content (AvgIpc) is 3.42. The number of anilines is 1. The SMILES string of the molecule is CCCNC(=O)C1CC2C(=O)Nc3c(cccc32)-c2cc(ccc2OC)CC(NC(=O)OCc2ccccc2)C(=O)NC(CC(N)=O)C(=O)N1. The number of alkyl carbamates (subject to hydrolysis) is 1. The molecule has 5 rings (SSSR count). The molecular formula is C36H40N6O8. The summed E-state index contributed by atoms with van der Waals surface area (Å²) in [5.74, 6) is -3.80. The number of hydrogen-bond donors (Lipinski definition) is 6. The Morgan fingerprint density at radius 1 is 0.920 bits per heavy atom. The van der Waals surface area contributed by atoms with Gasteiger partial charge in [0.05, 0.1) is 25.1 Å². The van der Waals surface area contributed by atoms with E-state index in [-0.39, 0.29) is 25.4 Å². The fourth-order valence-electron chi connectivity index (χ4n) is 6.05.